The average molecular weight is 276 g/mol. The van der Waals surface area contributed by atoms with E-state index in [2.05, 4.69) is 59.2 Å². The molecule has 2 aliphatic heterocycles. The van der Waals surface area contributed by atoms with Crippen molar-refractivity contribution in [1.29, 1.82) is 0 Å². The van der Waals surface area contributed by atoms with Gasteiger partial charge in [0, 0.05) is 31.4 Å². The Labute approximate surface area is 121 Å². The van der Waals surface area contributed by atoms with Gasteiger partial charge in [-0.3, -0.25) is 0 Å². The van der Waals surface area contributed by atoms with Crippen molar-refractivity contribution in [3.8, 4) is 0 Å². The molecular weight excluding hydrogens is 252 g/mol. The van der Waals surface area contributed by atoms with Crippen LogP contribution in [-0.2, 0) is 6.42 Å². The van der Waals surface area contributed by atoms with E-state index in [1.807, 2.05) is 0 Å². The number of piperidine rings is 1. The first-order chi connectivity index (χ1) is 9.26. The minimum atomic E-state index is 0.405. The molecule has 2 nitrogen and oxygen atoms in total. The fourth-order valence-corrected chi connectivity index (χ4v) is 4.68. The zero-order valence-corrected chi connectivity index (χ0v) is 12.6. The third-order valence-electron chi connectivity index (χ3n) is 4.36. The second-order valence-corrected chi connectivity index (χ2v) is 7.70. The number of hydrogen-bond acceptors (Lipinski definition) is 3. The van der Waals surface area contributed by atoms with Crippen LogP contribution in [0, 0.1) is 0 Å². The molecule has 1 N–H and O–H groups in total. The van der Waals surface area contributed by atoms with Crippen molar-refractivity contribution >= 4 is 11.8 Å². The molecular formula is C16H24N2S. The SMILES string of the molecule is CC1CNC2(CCN(CCc3ccccc3)CC2)S1. The summed E-state index contributed by atoms with van der Waals surface area (Å²) in [6, 6.07) is 10.9. The molecule has 1 spiro atoms. The molecule has 0 bridgehead atoms. The fraction of sp³-hybridized carbons (Fsp3) is 0.625. The van der Waals surface area contributed by atoms with E-state index in [1.54, 1.807) is 0 Å². The fourth-order valence-electron chi connectivity index (χ4n) is 3.16. The van der Waals surface area contributed by atoms with Crippen LogP contribution in [0.25, 0.3) is 0 Å². The normalized spacial score (nSPS) is 26.9. The number of rotatable bonds is 3. The van der Waals surface area contributed by atoms with Crippen molar-refractivity contribution in [3.63, 3.8) is 0 Å². The summed E-state index contributed by atoms with van der Waals surface area (Å²) in [4.78, 5) is 3.03. The van der Waals surface area contributed by atoms with Gasteiger partial charge in [-0.1, -0.05) is 37.3 Å². The van der Waals surface area contributed by atoms with Crippen LogP contribution in [0.3, 0.4) is 0 Å². The molecule has 1 aromatic rings. The van der Waals surface area contributed by atoms with E-state index in [0.29, 0.717) is 4.87 Å². The van der Waals surface area contributed by atoms with Crippen LogP contribution in [0.2, 0.25) is 0 Å². The molecule has 0 aromatic heterocycles. The second kappa shape index (κ2) is 5.86. The van der Waals surface area contributed by atoms with Gasteiger partial charge in [0.1, 0.15) is 0 Å². The van der Waals surface area contributed by atoms with E-state index in [1.165, 1.54) is 51.0 Å². The first kappa shape index (κ1) is 13.5. The molecule has 2 aliphatic rings. The van der Waals surface area contributed by atoms with Crippen molar-refractivity contribution in [2.75, 3.05) is 26.2 Å². The minimum Gasteiger partial charge on any atom is -0.303 e. The standard InChI is InChI=1S/C16H24N2S/c1-14-13-17-16(19-14)8-11-18(12-9-16)10-7-15-5-3-2-4-6-15/h2-6,14,17H,7-13H2,1H3. The van der Waals surface area contributed by atoms with Gasteiger partial charge < -0.3 is 10.2 Å². The Morgan fingerprint density at radius 1 is 1.26 bits per heavy atom. The minimum absolute atomic E-state index is 0.405. The van der Waals surface area contributed by atoms with Crippen molar-refractivity contribution in [3.05, 3.63) is 35.9 Å². The summed E-state index contributed by atoms with van der Waals surface area (Å²) >= 11 is 2.17. The van der Waals surface area contributed by atoms with Gasteiger partial charge in [0.05, 0.1) is 4.87 Å². The highest BCUT2D eigenvalue weighted by molar-refractivity contribution is 8.01. The van der Waals surface area contributed by atoms with Crippen molar-refractivity contribution in [1.82, 2.24) is 10.2 Å². The Morgan fingerprint density at radius 3 is 2.63 bits per heavy atom. The summed E-state index contributed by atoms with van der Waals surface area (Å²) in [5, 5.41) is 4.54. The average Bonchev–Trinajstić information content (AvgIpc) is 2.81. The topological polar surface area (TPSA) is 15.3 Å². The summed E-state index contributed by atoms with van der Waals surface area (Å²) < 4.78 is 0. The predicted octanol–water partition coefficient (Wildman–Crippen LogP) is 2.75. The number of benzene rings is 1. The molecule has 0 amide bonds. The lowest BCUT2D eigenvalue weighted by Gasteiger charge is -2.39. The Kier molecular flexibility index (Phi) is 4.15. The molecule has 2 fully saturated rings. The number of thioether (sulfide) groups is 1. The van der Waals surface area contributed by atoms with E-state index in [4.69, 9.17) is 0 Å². The number of likely N-dealkylation sites (tertiary alicyclic amines) is 1. The maximum absolute atomic E-state index is 3.75. The first-order valence-corrected chi connectivity index (χ1v) is 8.33. The van der Waals surface area contributed by atoms with Gasteiger partial charge in [-0.25, -0.2) is 0 Å². The zero-order valence-electron chi connectivity index (χ0n) is 11.8. The molecule has 3 rings (SSSR count). The zero-order chi connectivity index (χ0) is 13.1. The Balaban J connectivity index is 1.46. The summed E-state index contributed by atoms with van der Waals surface area (Å²) in [5.41, 5.74) is 1.46. The summed E-state index contributed by atoms with van der Waals surface area (Å²) in [6.07, 6.45) is 3.79. The van der Waals surface area contributed by atoms with E-state index < -0.39 is 0 Å². The van der Waals surface area contributed by atoms with Crippen molar-refractivity contribution in [2.24, 2.45) is 0 Å². The van der Waals surface area contributed by atoms with Crippen LogP contribution < -0.4 is 5.32 Å². The lowest BCUT2D eigenvalue weighted by atomic mass is 10.0. The van der Waals surface area contributed by atoms with Gasteiger partial charge in [-0.05, 0) is 24.8 Å². The number of hydrogen-bond donors (Lipinski definition) is 1. The quantitative estimate of drug-likeness (QED) is 0.914. The van der Waals surface area contributed by atoms with Crippen molar-refractivity contribution < 1.29 is 0 Å². The molecule has 0 radical (unpaired) electrons. The Hall–Kier alpha value is -0.510. The number of nitrogens with zero attached hydrogens (tertiary/aromatic N) is 1. The highest BCUT2D eigenvalue weighted by atomic mass is 32.2. The molecule has 104 valence electrons. The highest BCUT2D eigenvalue weighted by Gasteiger charge is 2.40. The lowest BCUT2D eigenvalue weighted by molar-refractivity contribution is 0.190. The third kappa shape index (κ3) is 3.33. The van der Waals surface area contributed by atoms with Gasteiger partial charge in [-0.15, -0.1) is 11.8 Å². The summed E-state index contributed by atoms with van der Waals surface area (Å²) in [5.74, 6) is 0. The van der Waals surface area contributed by atoms with Crippen LogP contribution in [0.1, 0.15) is 25.3 Å². The predicted molar refractivity (Wildman–Crippen MR) is 83.6 cm³/mol. The molecule has 2 heterocycles. The summed E-state index contributed by atoms with van der Waals surface area (Å²) in [6.45, 7) is 7.24. The Bertz CT molecular complexity index is 398. The van der Waals surface area contributed by atoms with E-state index in [0.717, 1.165) is 5.25 Å². The second-order valence-electron chi connectivity index (χ2n) is 5.88. The highest BCUT2D eigenvalue weighted by Crippen LogP contribution is 2.40. The molecule has 19 heavy (non-hydrogen) atoms. The first-order valence-electron chi connectivity index (χ1n) is 7.45. The van der Waals surface area contributed by atoms with E-state index in [-0.39, 0.29) is 0 Å². The lowest BCUT2D eigenvalue weighted by Crippen LogP contribution is -2.48. The molecule has 1 unspecified atom stereocenters. The van der Waals surface area contributed by atoms with Crippen LogP contribution in [0.5, 0.6) is 0 Å². The van der Waals surface area contributed by atoms with Gasteiger partial charge >= 0.3 is 0 Å². The van der Waals surface area contributed by atoms with Crippen LogP contribution in [0.15, 0.2) is 30.3 Å². The largest absolute Gasteiger partial charge is 0.303 e. The molecule has 0 saturated carbocycles. The summed E-state index contributed by atoms with van der Waals surface area (Å²) in [7, 11) is 0. The van der Waals surface area contributed by atoms with E-state index in [9.17, 15) is 0 Å². The van der Waals surface area contributed by atoms with Gasteiger partial charge in [0.2, 0.25) is 0 Å². The molecule has 1 aromatic carbocycles. The number of nitrogens with one attached hydrogen (secondary N) is 1. The maximum Gasteiger partial charge on any atom is 0.0673 e. The monoisotopic (exact) mass is 276 g/mol. The Morgan fingerprint density at radius 2 is 2.00 bits per heavy atom. The van der Waals surface area contributed by atoms with Crippen LogP contribution in [-0.4, -0.2) is 41.2 Å². The third-order valence-corrected chi connectivity index (χ3v) is 5.93. The van der Waals surface area contributed by atoms with E-state index >= 15 is 0 Å². The van der Waals surface area contributed by atoms with Gasteiger partial charge in [0.25, 0.3) is 0 Å². The van der Waals surface area contributed by atoms with Crippen LogP contribution >= 0.6 is 11.8 Å². The molecule has 1 atom stereocenters. The van der Waals surface area contributed by atoms with Crippen molar-refractivity contribution in [2.45, 2.75) is 36.3 Å². The maximum atomic E-state index is 3.75. The molecule has 0 aliphatic carbocycles. The van der Waals surface area contributed by atoms with Crippen LogP contribution in [0.4, 0.5) is 0 Å². The van der Waals surface area contributed by atoms with Gasteiger partial charge in [-0.2, -0.15) is 0 Å². The molecule has 3 heteroatoms. The smallest absolute Gasteiger partial charge is 0.0673 e. The van der Waals surface area contributed by atoms with Gasteiger partial charge in [0.15, 0.2) is 0 Å². The molecule has 2 saturated heterocycles.